The molecule has 0 aliphatic heterocycles. The molecule has 0 aromatic heterocycles. The number of aliphatic hydroxyl groups is 1. The smallest absolute Gasteiger partial charge is 0.341 e. The van der Waals surface area contributed by atoms with Gasteiger partial charge in [-0.2, -0.15) is 0 Å². The van der Waals surface area contributed by atoms with Crippen molar-refractivity contribution in [1.29, 1.82) is 0 Å². The van der Waals surface area contributed by atoms with E-state index in [1.165, 1.54) is 12.1 Å². The Kier molecular flexibility index (Phi) is 3.33. The van der Waals surface area contributed by atoms with Crippen molar-refractivity contribution < 1.29 is 19.0 Å². The molecule has 1 aromatic rings. The topological polar surface area (TPSA) is 46.5 Å². The minimum Gasteiger partial charge on any atom is -0.467 e. The summed E-state index contributed by atoms with van der Waals surface area (Å²) in [6.45, 7) is 2.26. The van der Waals surface area contributed by atoms with Crippen LogP contribution in [0.5, 0.6) is 0 Å². The van der Waals surface area contributed by atoms with Crippen LogP contribution < -0.4 is 0 Å². The first kappa shape index (κ1) is 12.6. The second-order valence-corrected chi connectivity index (χ2v) is 3.93. The number of ether oxygens (including phenoxy) is 1. The number of esters is 1. The van der Waals surface area contributed by atoms with Crippen LogP contribution in [0, 0.1) is 0 Å². The zero-order valence-corrected chi connectivity index (χ0v) is 9.53. The zero-order valence-electron chi connectivity index (χ0n) is 9.53. The Hall–Kier alpha value is -1.42. The first-order chi connectivity index (χ1) is 7.34. The number of alkyl halides is 1. The van der Waals surface area contributed by atoms with Gasteiger partial charge in [-0.25, -0.2) is 9.18 Å². The minimum atomic E-state index is -2.22. The van der Waals surface area contributed by atoms with Crippen LogP contribution in [0.2, 0.25) is 0 Å². The van der Waals surface area contributed by atoms with Crippen LogP contribution in [0.1, 0.15) is 19.4 Å². The van der Waals surface area contributed by atoms with Gasteiger partial charge in [0.15, 0.2) is 11.3 Å². The van der Waals surface area contributed by atoms with E-state index in [9.17, 15) is 14.3 Å². The summed E-state index contributed by atoms with van der Waals surface area (Å²) in [5, 5.41) is 9.91. The Labute approximate surface area is 93.9 Å². The lowest BCUT2D eigenvalue weighted by molar-refractivity contribution is -0.178. The predicted octanol–water partition coefficient (Wildman–Crippen LogP) is 1.80. The molecule has 1 N–H and O–H groups in total. The van der Waals surface area contributed by atoms with Crippen molar-refractivity contribution in [2.24, 2.45) is 0 Å². The summed E-state index contributed by atoms with van der Waals surface area (Å²) in [7, 11) is 1.11. The van der Waals surface area contributed by atoms with E-state index in [1.54, 1.807) is 18.2 Å². The highest BCUT2D eigenvalue weighted by atomic mass is 19.1. The summed E-state index contributed by atoms with van der Waals surface area (Å²) < 4.78 is 18.9. The molecule has 1 aromatic carbocycles. The SMILES string of the molecule is COC(=O)[C@](C)(O)[C@](C)(F)c1ccccc1. The number of rotatable bonds is 3. The van der Waals surface area contributed by atoms with Crippen molar-refractivity contribution in [2.45, 2.75) is 25.1 Å². The molecule has 16 heavy (non-hydrogen) atoms. The van der Waals surface area contributed by atoms with Gasteiger partial charge in [0.25, 0.3) is 0 Å². The molecule has 0 saturated carbocycles. The Morgan fingerprint density at radius 3 is 2.25 bits per heavy atom. The lowest BCUT2D eigenvalue weighted by Crippen LogP contribution is -2.51. The van der Waals surface area contributed by atoms with Gasteiger partial charge in [-0.05, 0) is 19.4 Å². The van der Waals surface area contributed by atoms with Crippen LogP contribution in [0.4, 0.5) is 4.39 Å². The molecule has 0 spiro atoms. The maximum Gasteiger partial charge on any atom is 0.341 e. The second kappa shape index (κ2) is 4.22. The van der Waals surface area contributed by atoms with E-state index >= 15 is 0 Å². The molecule has 0 amide bonds. The van der Waals surface area contributed by atoms with Gasteiger partial charge in [-0.1, -0.05) is 30.3 Å². The molecule has 0 fully saturated rings. The monoisotopic (exact) mass is 226 g/mol. The van der Waals surface area contributed by atoms with Gasteiger partial charge in [0.2, 0.25) is 0 Å². The lowest BCUT2D eigenvalue weighted by Gasteiger charge is -2.33. The van der Waals surface area contributed by atoms with Crippen LogP contribution >= 0.6 is 0 Å². The first-order valence-electron chi connectivity index (χ1n) is 4.89. The minimum absolute atomic E-state index is 0.227. The number of halogens is 1. The van der Waals surface area contributed by atoms with E-state index in [4.69, 9.17) is 0 Å². The van der Waals surface area contributed by atoms with Crippen molar-refractivity contribution in [2.75, 3.05) is 7.11 Å². The van der Waals surface area contributed by atoms with E-state index in [0.717, 1.165) is 21.0 Å². The normalized spacial score (nSPS) is 18.3. The number of hydrogen-bond donors (Lipinski definition) is 1. The summed E-state index contributed by atoms with van der Waals surface area (Å²) in [4.78, 5) is 11.3. The summed E-state index contributed by atoms with van der Waals surface area (Å²) in [5.74, 6) is -0.999. The summed E-state index contributed by atoms with van der Waals surface area (Å²) in [6.07, 6.45) is 0. The molecule has 2 atom stereocenters. The second-order valence-electron chi connectivity index (χ2n) is 3.93. The average Bonchev–Trinajstić information content (AvgIpc) is 2.28. The number of methoxy groups -OCH3 is 1. The van der Waals surface area contributed by atoms with E-state index in [-0.39, 0.29) is 5.56 Å². The van der Waals surface area contributed by atoms with Crippen molar-refractivity contribution in [1.82, 2.24) is 0 Å². The predicted molar refractivity (Wildman–Crippen MR) is 57.5 cm³/mol. The molecule has 0 heterocycles. The third kappa shape index (κ3) is 1.93. The van der Waals surface area contributed by atoms with Crippen molar-refractivity contribution >= 4 is 5.97 Å². The largest absolute Gasteiger partial charge is 0.467 e. The van der Waals surface area contributed by atoms with Gasteiger partial charge in [-0.3, -0.25) is 0 Å². The van der Waals surface area contributed by atoms with Gasteiger partial charge in [0, 0.05) is 0 Å². The van der Waals surface area contributed by atoms with Gasteiger partial charge in [0.1, 0.15) is 0 Å². The van der Waals surface area contributed by atoms with Crippen LogP contribution in [0.25, 0.3) is 0 Å². The summed E-state index contributed by atoms with van der Waals surface area (Å²) in [6, 6.07) is 8.03. The van der Waals surface area contributed by atoms with Gasteiger partial charge >= 0.3 is 5.97 Å². The lowest BCUT2D eigenvalue weighted by atomic mass is 9.82. The Balaban J connectivity index is 3.16. The highest BCUT2D eigenvalue weighted by molar-refractivity contribution is 5.80. The van der Waals surface area contributed by atoms with Crippen molar-refractivity contribution in [3.8, 4) is 0 Å². The fourth-order valence-electron chi connectivity index (χ4n) is 1.42. The fraction of sp³-hybridized carbons (Fsp3) is 0.417. The highest BCUT2D eigenvalue weighted by Gasteiger charge is 2.52. The third-order valence-electron chi connectivity index (χ3n) is 2.81. The molecule has 0 unspecified atom stereocenters. The Bertz CT molecular complexity index is 371. The number of carbonyl (C=O) groups is 1. The number of carbonyl (C=O) groups excluding carboxylic acids is 1. The van der Waals surface area contributed by atoms with E-state index < -0.39 is 17.2 Å². The van der Waals surface area contributed by atoms with E-state index in [1.807, 2.05) is 0 Å². The zero-order chi connectivity index (χ0) is 12.4. The maximum absolute atomic E-state index is 14.5. The first-order valence-corrected chi connectivity index (χ1v) is 4.89. The van der Waals surface area contributed by atoms with Crippen molar-refractivity contribution in [3.05, 3.63) is 35.9 Å². The van der Waals surface area contributed by atoms with E-state index in [0.29, 0.717) is 0 Å². The van der Waals surface area contributed by atoms with Gasteiger partial charge in [-0.15, -0.1) is 0 Å². The molecule has 1 rings (SSSR count). The maximum atomic E-state index is 14.5. The van der Waals surface area contributed by atoms with Gasteiger partial charge < -0.3 is 9.84 Å². The Morgan fingerprint density at radius 1 is 1.31 bits per heavy atom. The van der Waals surface area contributed by atoms with Crippen molar-refractivity contribution in [3.63, 3.8) is 0 Å². The van der Waals surface area contributed by atoms with E-state index in [2.05, 4.69) is 4.74 Å². The molecule has 0 radical (unpaired) electrons. The third-order valence-corrected chi connectivity index (χ3v) is 2.81. The number of hydrogen-bond acceptors (Lipinski definition) is 3. The average molecular weight is 226 g/mol. The molecular weight excluding hydrogens is 211 g/mol. The quantitative estimate of drug-likeness (QED) is 0.799. The number of benzene rings is 1. The van der Waals surface area contributed by atoms with Gasteiger partial charge in [0.05, 0.1) is 7.11 Å². The highest BCUT2D eigenvalue weighted by Crippen LogP contribution is 2.37. The van der Waals surface area contributed by atoms with Crippen LogP contribution in [-0.4, -0.2) is 23.8 Å². The fourth-order valence-corrected chi connectivity index (χ4v) is 1.42. The van der Waals surface area contributed by atoms with Crippen LogP contribution in [-0.2, 0) is 15.2 Å². The van der Waals surface area contributed by atoms with Crippen LogP contribution in [0.3, 0.4) is 0 Å². The molecule has 0 aliphatic rings. The summed E-state index contributed by atoms with van der Waals surface area (Å²) >= 11 is 0. The molecule has 0 aliphatic carbocycles. The molecular formula is C12H15FO3. The van der Waals surface area contributed by atoms with Crippen LogP contribution in [0.15, 0.2) is 30.3 Å². The molecule has 88 valence electrons. The molecule has 4 heteroatoms. The molecule has 0 saturated heterocycles. The molecule has 3 nitrogen and oxygen atoms in total. The Morgan fingerprint density at radius 2 is 1.81 bits per heavy atom. The standard InChI is InChI=1S/C12H15FO3/c1-11(13,9-7-5-4-6-8-9)12(2,15)10(14)16-3/h4-8,15H,1-3H3/t11-,12+/m1/s1. The molecule has 0 bridgehead atoms. The summed E-state index contributed by atoms with van der Waals surface area (Å²) in [5.41, 5.74) is -4.20.